The van der Waals surface area contributed by atoms with Gasteiger partial charge in [0.05, 0.1) is 11.8 Å². The fraction of sp³-hybridized carbons (Fsp3) is 0.875. The molecule has 1 saturated carbocycles. The van der Waals surface area contributed by atoms with E-state index in [4.69, 9.17) is 0 Å². The quantitative estimate of drug-likeness (QED) is 0.865. The Hall–Kier alpha value is -1.06. The molecule has 0 radical (unpaired) electrons. The molecule has 4 nitrogen and oxygen atoms in total. The summed E-state index contributed by atoms with van der Waals surface area (Å²) in [4.78, 5) is 26.2. The second-order valence-electron chi connectivity index (χ2n) is 6.82. The molecule has 1 N–H and O–H groups in total. The van der Waals surface area contributed by atoms with Gasteiger partial charge in [-0.15, -0.1) is 0 Å². The number of amides is 1. The van der Waals surface area contributed by atoms with Crippen LogP contribution in [0.2, 0.25) is 0 Å². The van der Waals surface area contributed by atoms with Crippen molar-refractivity contribution in [3.05, 3.63) is 0 Å². The Morgan fingerprint density at radius 1 is 1.15 bits per heavy atom. The van der Waals surface area contributed by atoms with E-state index in [1.807, 2.05) is 4.90 Å². The summed E-state index contributed by atoms with van der Waals surface area (Å²) in [7, 11) is 0. The summed E-state index contributed by atoms with van der Waals surface area (Å²) in [5, 5.41) is 9.39. The molecule has 1 amide bonds. The first-order valence-electron chi connectivity index (χ1n) is 7.97. The Kier molecular flexibility index (Phi) is 4.71. The number of carbonyl (C=O) groups is 2. The van der Waals surface area contributed by atoms with Crippen LogP contribution in [0.5, 0.6) is 0 Å². The SMILES string of the molecule is CCC1C[C@H](C(=O)N2CC(C)CCC2C)[C@H](C(=O)O)C1. The number of hydrogen-bond acceptors (Lipinski definition) is 2. The molecular weight excluding hydrogens is 254 g/mol. The summed E-state index contributed by atoms with van der Waals surface area (Å²) in [6.45, 7) is 7.14. The van der Waals surface area contributed by atoms with Gasteiger partial charge in [0.15, 0.2) is 0 Å². The van der Waals surface area contributed by atoms with Gasteiger partial charge in [0.25, 0.3) is 0 Å². The monoisotopic (exact) mass is 281 g/mol. The molecule has 1 aliphatic carbocycles. The predicted octanol–water partition coefficient (Wildman–Crippen LogP) is 2.77. The van der Waals surface area contributed by atoms with E-state index in [1.165, 1.54) is 0 Å². The first kappa shape index (κ1) is 15.3. The normalized spacial score (nSPS) is 38.0. The van der Waals surface area contributed by atoms with Crippen LogP contribution in [0.25, 0.3) is 0 Å². The average Bonchev–Trinajstić information content (AvgIpc) is 2.85. The Balaban J connectivity index is 2.11. The van der Waals surface area contributed by atoms with Crippen molar-refractivity contribution in [2.45, 2.75) is 58.9 Å². The fourth-order valence-electron chi connectivity index (χ4n) is 3.83. The van der Waals surface area contributed by atoms with E-state index < -0.39 is 11.9 Å². The van der Waals surface area contributed by atoms with Crippen molar-refractivity contribution in [2.24, 2.45) is 23.7 Å². The standard InChI is InChI=1S/C16H27NO3/c1-4-12-7-13(14(8-12)16(19)20)15(18)17-9-10(2)5-6-11(17)3/h10-14H,4-9H2,1-3H3,(H,19,20)/t10?,11?,12?,13-,14+/m0/s1. The van der Waals surface area contributed by atoms with Gasteiger partial charge in [0, 0.05) is 12.6 Å². The highest BCUT2D eigenvalue weighted by atomic mass is 16.4. The van der Waals surface area contributed by atoms with Crippen molar-refractivity contribution >= 4 is 11.9 Å². The van der Waals surface area contributed by atoms with Crippen molar-refractivity contribution in [1.29, 1.82) is 0 Å². The summed E-state index contributed by atoms with van der Waals surface area (Å²) >= 11 is 0. The number of carbonyl (C=O) groups excluding carboxylic acids is 1. The zero-order valence-corrected chi connectivity index (χ0v) is 12.8. The number of carboxylic acids is 1. The molecule has 0 aromatic rings. The van der Waals surface area contributed by atoms with Gasteiger partial charge in [-0.1, -0.05) is 20.3 Å². The molecule has 4 heteroatoms. The van der Waals surface area contributed by atoms with Gasteiger partial charge in [-0.3, -0.25) is 9.59 Å². The summed E-state index contributed by atoms with van der Waals surface area (Å²) in [5.41, 5.74) is 0. The number of hydrogen-bond donors (Lipinski definition) is 1. The first-order chi connectivity index (χ1) is 9.43. The molecule has 2 rings (SSSR count). The largest absolute Gasteiger partial charge is 0.481 e. The molecule has 0 aromatic heterocycles. The van der Waals surface area contributed by atoms with E-state index in [0.29, 0.717) is 18.3 Å². The molecule has 1 aliphatic heterocycles. The van der Waals surface area contributed by atoms with Gasteiger partial charge in [0.1, 0.15) is 0 Å². The Bertz CT molecular complexity index is 382. The van der Waals surface area contributed by atoms with Crippen LogP contribution in [0.1, 0.15) is 52.9 Å². The lowest BCUT2D eigenvalue weighted by Crippen LogP contribution is -2.48. The lowest BCUT2D eigenvalue weighted by Gasteiger charge is -2.38. The highest BCUT2D eigenvalue weighted by Crippen LogP contribution is 2.40. The van der Waals surface area contributed by atoms with Crippen LogP contribution in [-0.2, 0) is 9.59 Å². The highest BCUT2D eigenvalue weighted by Gasteiger charge is 2.44. The van der Waals surface area contributed by atoms with Crippen LogP contribution in [0.4, 0.5) is 0 Å². The summed E-state index contributed by atoms with van der Waals surface area (Å²) in [6, 6.07) is 0.258. The van der Waals surface area contributed by atoms with E-state index in [1.54, 1.807) is 0 Å². The Morgan fingerprint density at radius 3 is 2.40 bits per heavy atom. The number of rotatable bonds is 3. The fourth-order valence-corrected chi connectivity index (χ4v) is 3.83. The van der Waals surface area contributed by atoms with Crippen LogP contribution in [0, 0.1) is 23.7 Å². The van der Waals surface area contributed by atoms with Gasteiger partial charge >= 0.3 is 5.97 Å². The molecule has 5 atom stereocenters. The number of carboxylic acid groups (broad SMARTS) is 1. The van der Waals surface area contributed by atoms with E-state index in [2.05, 4.69) is 20.8 Å². The van der Waals surface area contributed by atoms with Crippen molar-refractivity contribution in [2.75, 3.05) is 6.54 Å². The number of likely N-dealkylation sites (tertiary alicyclic amines) is 1. The second-order valence-corrected chi connectivity index (χ2v) is 6.82. The minimum absolute atomic E-state index is 0.0902. The maximum absolute atomic E-state index is 12.8. The molecule has 114 valence electrons. The van der Waals surface area contributed by atoms with Crippen LogP contribution in [-0.4, -0.2) is 34.5 Å². The Morgan fingerprint density at radius 2 is 1.80 bits per heavy atom. The molecule has 20 heavy (non-hydrogen) atoms. The molecule has 1 heterocycles. The van der Waals surface area contributed by atoms with Crippen LogP contribution < -0.4 is 0 Å². The van der Waals surface area contributed by atoms with Gasteiger partial charge in [0.2, 0.25) is 5.91 Å². The molecule has 1 saturated heterocycles. The van der Waals surface area contributed by atoms with Gasteiger partial charge in [-0.2, -0.15) is 0 Å². The maximum Gasteiger partial charge on any atom is 0.307 e. The van der Waals surface area contributed by atoms with Crippen LogP contribution in [0.15, 0.2) is 0 Å². The summed E-state index contributed by atoms with van der Waals surface area (Å²) in [6.07, 6.45) is 4.59. The average molecular weight is 281 g/mol. The highest BCUT2D eigenvalue weighted by molar-refractivity contribution is 5.85. The Labute approximate surface area is 121 Å². The zero-order valence-electron chi connectivity index (χ0n) is 12.8. The van der Waals surface area contributed by atoms with Crippen LogP contribution in [0.3, 0.4) is 0 Å². The lowest BCUT2D eigenvalue weighted by molar-refractivity contribution is -0.151. The minimum atomic E-state index is -0.794. The van der Waals surface area contributed by atoms with Crippen LogP contribution >= 0.6 is 0 Å². The first-order valence-corrected chi connectivity index (χ1v) is 7.97. The number of piperidine rings is 1. The minimum Gasteiger partial charge on any atom is -0.481 e. The third-order valence-corrected chi connectivity index (χ3v) is 5.27. The van der Waals surface area contributed by atoms with Crippen molar-refractivity contribution < 1.29 is 14.7 Å². The molecule has 0 bridgehead atoms. The third kappa shape index (κ3) is 2.99. The van der Waals surface area contributed by atoms with E-state index in [9.17, 15) is 14.7 Å². The van der Waals surface area contributed by atoms with Gasteiger partial charge in [-0.05, 0) is 44.4 Å². The maximum atomic E-state index is 12.8. The van der Waals surface area contributed by atoms with Crippen molar-refractivity contribution in [1.82, 2.24) is 4.90 Å². The smallest absolute Gasteiger partial charge is 0.307 e. The van der Waals surface area contributed by atoms with E-state index in [0.717, 1.165) is 32.2 Å². The number of nitrogens with zero attached hydrogens (tertiary/aromatic N) is 1. The summed E-state index contributed by atoms with van der Waals surface area (Å²) < 4.78 is 0. The van der Waals surface area contributed by atoms with Gasteiger partial charge in [-0.25, -0.2) is 0 Å². The topological polar surface area (TPSA) is 57.6 Å². The van der Waals surface area contributed by atoms with E-state index in [-0.39, 0.29) is 17.9 Å². The molecular formula is C16H27NO3. The predicted molar refractivity (Wildman–Crippen MR) is 77.2 cm³/mol. The van der Waals surface area contributed by atoms with Gasteiger partial charge < -0.3 is 10.0 Å². The molecule has 0 spiro atoms. The second kappa shape index (κ2) is 6.15. The molecule has 3 unspecified atom stereocenters. The molecule has 0 aromatic carbocycles. The lowest BCUT2D eigenvalue weighted by atomic mass is 9.90. The van der Waals surface area contributed by atoms with Crippen molar-refractivity contribution in [3.8, 4) is 0 Å². The third-order valence-electron chi connectivity index (χ3n) is 5.27. The zero-order chi connectivity index (χ0) is 14.9. The molecule has 2 fully saturated rings. The van der Waals surface area contributed by atoms with Crippen molar-refractivity contribution in [3.63, 3.8) is 0 Å². The molecule has 2 aliphatic rings. The summed E-state index contributed by atoms with van der Waals surface area (Å²) in [5.74, 6) is -0.559. The van der Waals surface area contributed by atoms with E-state index >= 15 is 0 Å². The number of aliphatic carboxylic acids is 1.